The Morgan fingerprint density at radius 2 is 1.79 bits per heavy atom. The lowest BCUT2D eigenvalue weighted by molar-refractivity contribution is 0.101. The maximum absolute atomic E-state index is 12.2. The zero-order chi connectivity index (χ0) is 16.9. The second kappa shape index (κ2) is 7.21. The smallest absolute Gasteiger partial charge is 0.317 e. The van der Waals surface area contributed by atoms with Gasteiger partial charge in [0.1, 0.15) is 5.76 Å². The van der Waals surface area contributed by atoms with Gasteiger partial charge in [0.15, 0.2) is 5.78 Å². The summed E-state index contributed by atoms with van der Waals surface area (Å²) in [7, 11) is 0. The molecule has 0 spiro atoms. The van der Waals surface area contributed by atoms with Gasteiger partial charge in [0.2, 0.25) is 0 Å². The lowest BCUT2D eigenvalue weighted by Crippen LogP contribution is -2.51. The molecule has 0 radical (unpaired) electrons. The second-order valence-electron chi connectivity index (χ2n) is 5.82. The fourth-order valence-electron chi connectivity index (χ4n) is 2.76. The standard InChI is InChI=1S/C18H21N3O3/c1-14(22)15-4-6-16(7-5-15)20-8-10-21(11-9-20)18(23)19-13-17-3-2-12-24-17/h2-7,12H,8-11,13H2,1H3,(H,19,23). The minimum Gasteiger partial charge on any atom is -0.467 e. The number of nitrogens with zero attached hydrogens (tertiary/aromatic N) is 2. The fourth-order valence-corrected chi connectivity index (χ4v) is 2.76. The van der Waals surface area contributed by atoms with Crippen LogP contribution in [0.4, 0.5) is 10.5 Å². The Kier molecular flexibility index (Phi) is 4.84. The summed E-state index contributed by atoms with van der Waals surface area (Å²) in [6.07, 6.45) is 1.59. The van der Waals surface area contributed by atoms with Crippen LogP contribution in [0.5, 0.6) is 0 Å². The van der Waals surface area contributed by atoms with E-state index in [2.05, 4.69) is 10.2 Å². The third-order valence-corrected chi connectivity index (χ3v) is 4.20. The van der Waals surface area contributed by atoms with E-state index < -0.39 is 0 Å². The summed E-state index contributed by atoms with van der Waals surface area (Å²) in [5.74, 6) is 0.812. The maximum Gasteiger partial charge on any atom is 0.317 e. The predicted molar refractivity (Wildman–Crippen MR) is 91.2 cm³/mol. The van der Waals surface area contributed by atoms with E-state index in [1.165, 1.54) is 0 Å². The number of rotatable bonds is 4. The number of piperazine rings is 1. The van der Waals surface area contributed by atoms with Gasteiger partial charge >= 0.3 is 6.03 Å². The molecular formula is C18H21N3O3. The number of hydrogen-bond donors (Lipinski definition) is 1. The van der Waals surface area contributed by atoms with Crippen LogP contribution in [0.2, 0.25) is 0 Å². The molecule has 2 amide bonds. The number of anilines is 1. The van der Waals surface area contributed by atoms with Gasteiger partial charge in [-0.1, -0.05) is 0 Å². The first-order chi connectivity index (χ1) is 11.6. The number of ketones is 1. The van der Waals surface area contributed by atoms with Crippen LogP contribution in [0.15, 0.2) is 47.1 Å². The van der Waals surface area contributed by atoms with Crippen LogP contribution < -0.4 is 10.2 Å². The van der Waals surface area contributed by atoms with Gasteiger partial charge in [-0.05, 0) is 43.3 Å². The molecule has 1 aromatic heterocycles. The van der Waals surface area contributed by atoms with Gasteiger partial charge < -0.3 is 19.5 Å². The van der Waals surface area contributed by atoms with Crippen molar-refractivity contribution >= 4 is 17.5 Å². The number of amides is 2. The molecular weight excluding hydrogens is 306 g/mol. The zero-order valence-corrected chi connectivity index (χ0v) is 13.7. The van der Waals surface area contributed by atoms with Gasteiger partial charge in [-0.25, -0.2) is 4.79 Å². The summed E-state index contributed by atoms with van der Waals surface area (Å²) in [5.41, 5.74) is 1.80. The number of carbonyl (C=O) groups excluding carboxylic acids is 2. The minimum absolute atomic E-state index is 0.0691. The van der Waals surface area contributed by atoms with Gasteiger partial charge in [0.25, 0.3) is 0 Å². The highest BCUT2D eigenvalue weighted by Crippen LogP contribution is 2.17. The Morgan fingerprint density at radius 3 is 2.38 bits per heavy atom. The molecule has 0 atom stereocenters. The summed E-state index contributed by atoms with van der Waals surface area (Å²) < 4.78 is 5.21. The molecule has 0 aliphatic carbocycles. The highest BCUT2D eigenvalue weighted by Gasteiger charge is 2.21. The van der Waals surface area contributed by atoms with Crippen LogP contribution in [-0.4, -0.2) is 42.9 Å². The van der Waals surface area contributed by atoms with Gasteiger partial charge in [0, 0.05) is 37.4 Å². The van der Waals surface area contributed by atoms with Crippen molar-refractivity contribution in [2.24, 2.45) is 0 Å². The first-order valence-electron chi connectivity index (χ1n) is 8.04. The number of hydrogen-bond acceptors (Lipinski definition) is 4. The summed E-state index contributed by atoms with van der Waals surface area (Å²) in [6, 6.07) is 11.2. The van der Waals surface area contributed by atoms with Gasteiger partial charge in [0.05, 0.1) is 12.8 Å². The van der Waals surface area contributed by atoms with E-state index in [-0.39, 0.29) is 11.8 Å². The third-order valence-electron chi connectivity index (χ3n) is 4.20. The van der Waals surface area contributed by atoms with Crippen LogP contribution >= 0.6 is 0 Å². The molecule has 0 bridgehead atoms. The average molecular weight is 327 g/mol. The van der Waals surface area contributed by atoms with Crippen molar-refractivity contribution < 1.29 is 14.0 Å². The van der Waals surface area contributed by atoms with Crippen molar-refractivity contribution in [2.75, 3.05) is 31.1 Å². The summed E-state index contributed by atoms with van der Waals surface area (Å²) in [5, 5.41) is 2.87. The van der Waals surface area contributed by atoms with Crippen molar-refractivity contribution in [2.45, 2.75) is 13.5 Å². The van der Waals surface area contributed by atoms with E-state index in [0.29, 0.717) is 19.6 Å². The van der Waals surface area contributed by atoms with E-state index in [1.54, 1.807) is 19.3 Å². The van der Waals surface area contributed by atoms with Gasteiger partial charge in [-0.15, -0.1) is 0 Å². The second-order valence-corrected chi connectivity index (χ2v) is 5.82. The molecule has 1 aliphatic heterocycles. The number of furan rings is 1. The quantitative estimate of drug-likeness (QED) is 0.876. The van der Waals surface area contributed by atoms with E-state index in [0.717, 1.165) is 30.1 Å². The predicted octanol–water partition coefficient (Wildman–Crippen LogP) is 2.51. The summed E-state index contributed by atoms with van der Waals surface area (Å²) >= 11 is 0. The van der Waals surface area contributed by atoms with Crippen molar-refractivity contribution in [3.63, 3.8) is 0 Å². The van der Waals surface area contributed by atoms with Crippen molar-refractivity contribution in [1.82, 2.24) is 10.2 Å². The van der Waals surface area contributed by atoms with Crippen LogP contribution in [0.25, 0.3) is 0 Å². The normalized spacial score (nSPS) is 14.5. The monoisotopic (exact) mass is 327 g/mol. The van der Waals surface area contributed by atoms with Crippen molar-refractivity contribution in [1.29, 1.82) is 0 Å². The van der Waals surface area contributed by atoms with Crippen molar-refractivity contribution in [3.8, 4) is 0 Å². The number of nitrogens with one attached hydrogen (secondary N) is 1. The lowest BCUT2D eigenvalue weighted by Gasteiger charge is -2.36. The molecule has 6 nitrogen and oxygen atoms in total. The maximum atomic E-state index is 12.2. The Hall–Kier alpha value is -2.76. The summed E-state index contributed by atoms with van der Waals surface area (Å²) in [4.78, 5) is 27.5. The van der Waals surface area contributed by atoms with Gasteiger partial charge in [-0.2, -0.15) is 0 Å². The topological polar surface area (TPSA) is 65.8 Å². The molecule has 1 fully saturated rings. The SMILES string of the molecule is CC(=O)c1ccc(N2CCN(C(=O)NCc3ccco3)CC2)cc1. The van der Waals surface area contributed by atoms with Gasteiger partial charge in [-0.3, -0.25) is 4.79 Å². The minimum atomic E-state index is -0.0713. The number of carbonyl (C=O) groups is 2. The van der Waals surface area contributed by atoms with E-state index in [4.69, 9.17) is 4.42 Å². The molecule has 126 valence electrons. The number of benzene rings is 1. The lowest BCUT2D eigenvalue weighted by atomic mass is 10.1. The first-order valence-corrected chi connectivity index (χ1v) is 8.04. The molecule has 0 unspecified atom stereocenters. The summed E-state index contributed by atoms with van der Waals surface area (Å²) in [6.45, 7) is 4.84. The molecule has 0 saturated carbocycles. The van der Waals surface area contributed by atoms with Crippen LogP contribution in [0, 0.1) is 0 Å². The fraction of sp³-hybridized carbons (Fsp3) is 0.333. The first kappa shape index (κ1) is 16.1. The molecule has 6 heteroatoms. The van der Waals surface area contributed by atoms with Crippen LogP contribution in [0.1, 0.15) is 23.0 Å². The van der Waals surface area contributed by atoms with E-state index in [9.17, 15) is 9.59 Å². The van der Waals surface area contributed by atoms with E-state index >= 15 is 0 Å². The third kappa shape index (κ3) is 3.76. The Morgan fingerprint density at radius 1 is 1.08 bits per heavy atom. The molecule has 24 heavy (non-hydrogen) atoms. The molecule has 1 saturated heterocycles. The molecule has 2 aromatic rings. The highest BCUT2D eigenvalue weighted by molar-refractivity contribution is 5.94. The Labute approximate surface area is 141 Å². The molecule has 1 aromatic carbocycles. The Bertz CT molecular complexity index is 687. The largest absolute Gasteiger partial charge is 0.467 e. The molecule has 2 heterocycles. The number of Topliss-reactive ketones (excluding diaryl/α,β-unsaturated/α-hetero) is 1. The molecule has 1 N–H and O–H groups in total. The van der Waals surface area contributed by atoms with Crippen LogP contribution in [0.3, 0.4) is 0 Å². The highest BCUT2D eigenvalue weighted by atomic mass is 16.3. The number of urea groups is 1. The van der Waals surface area contributed by atoms with Crippen molar-refractivity contribution in [3.05, 3.63) is 54.0 Å². The molecule has 1 aliphatic rings. The molecule has 3 rings (SSSR count). The van der Waals surface area contributed by atoms with Crippen LogP contribution in [-0.2, 0) is 6.54 Å². The van der Waals surface area contributed by atoms with E-state index in [1.807, 2.05) is 35.2 Å². The Balaban J connectivity index is 1.49. The average Bonchev–Trinajstić information content (AvgIpc) is 3.13. The zero-order valence-electron chi connectivity index (χ0n) is 13.7.